The van der Waals surface area contributed by atoms with Crippen molar-refractivity contribution in [2.24, 2.45) is 0 Å². The summed E-state index contributed by atoms with van der Waals surface area (Å²) in [7, 11) is 0. The van der Waals surface area contributed by atoms with E-state index in [0.717, 1.165) is 9.69 Å². The summed E-state index contributed by atoms with van der Waals surface area (Å²) in [5, 5.41) is 7.31. The molecule has 0 aliphatic carbocycles. The van der Waals surface area contributed by atoms with E-state index in [-0.39, 0.29) is 12.1 Å². The molecule has 0 radical (unpaired) electrons. The number of carbonyl (C=O) groups is 1. The largest absolute Gasteiger partial charge is 0.354 e. The number of para-hydroxylation sites is 1. The van der Waals surface area contributed by atoms with Crippen molar-refractivity contribution < 1.29 is 9.32 Å². The van der Waals surface area contributed by atoms with Gasteiger partial charge >= 0.3 is 6.03 Å². The molecule has 17 heavy (non-hydrogen) atoms. The van der Waals surface area contributed by atoms with E-state index < -0.39 is 0 Å². The maximum absolute atomic E-state index is 11.8. The molecule has 90 valence electrons. The molecule has 0 fully saturated rings. The van der Waals surface area contributed by atoms with E-state index in [4.69, 9.17) is 4.52 Å². The lowest BCUT2D eigenvalue weighted by Crippen LogP contribution is -2.38. The Bertz CT molecular complexity index is 538. The number of benzene rings is 1. The molecule has 5 nitrogen and oxygen atoms in total. The van der Waals surface area contributed by atoms with Gasteiger partial charge in [0.1, 0.15) is 0 Å². The van der Waals surface area contributed by atoms with Crippen LogP contribution in [0.1, 0.15) is 13.8 Å². The number of carbonyl (C=O) groups excluding carboxylic acids is 1. The number of amides is 2. The summed E-state index contributed by atoms with van der Waals surface area (Å²) < 4.78 is 6.25. The highest BCUT2D eigenvalue weighted by Gasteiger charge is 2.19. The lowest BCUT2D eigenvalue weighted by molar-refractivity contribution is 0.247. The average molecular weight is 251 g/mol. The molecule has 0 aliphatic heterocycles. The van der Waals surface area contributed by atoms with Gasteiger partial charge in [-0.15, -0.1) is 0 Å². The first kappa shape index (κ1) is 11.8. The van der Waals surface area contributed by atoms with Crippen molar-refractivity contribution in [1.82, 2.24) is 10.5 Å². The van der Waals surface area contributed by atoms with Crippen LogP contribution in [0.4, 0.5) is 10.6 Å². The van der Waals surface area contributed by atoms with Crippen LogP contribution in [0.2, 0.25) is 0 Å². The number of hydrogen-bond acceptors (Lipinski definition) is 4. The Morgan fingerprint density at radius 1 is 1.47 bits per heavy atom. The predicted molar refractivity (Wildman–Crippen MR) is 69.1 cm³/mol. The molecule has 0 spiro atoms. The highest BCUT2D eigenvalue weighted by molar-refractivity contribution is 7.82. The third-order valence-corrected chi connectivity index (χ3v) is 2.53. The minimum atomic E-state index is -0.331. The van der Waals surface area contributed by atoms with Gasteiger partial charge in [-0.05, 0) is 26.0 Å². The fourth-order valence-corrected chi connectivity index (χ4v) is 1.63. The smallest absolute Gasteiger partial charge is 0.333 e. The van der Waals surface area contributed by atoms with Gasteiger partial charge in [-0.3, -0.25) is 0 Å². The fourth-order valence-electron chi connectivity index (χ4n) is 1.43. The summed E-state index contributed by atoms with van der Waals surface area (Å²) in [6.45, 7) is 3.75. The summed E-state index contributed by atoms with van der Waals surface area (Å²) >= 11 is 4.13. The van der Waals surface area contributed by atoms with E-state index in [0.29, 0.717) is 11.4 Å². The maximum atomic E-state index is 11.8. The summed E-state index contributed by atoms with van der Waals surface area (Å²) in [5.41, 5.74) is 0.624. The Morgan fingerprint density at radius 2 is 2.18 bits per heavy atom. The summed E-state index contributed by atoms with van der Waals surface area (Å²) in [6, 6.07) is 7.01. The lowest BCUT2D eigenvalue weighted by atomic mass is 10.2. The van der Waals surface area contributed by atoms with Crippen LogP contribution in [0.15, 0.2) is 28.8 Å². The molecule has 2 amide bonds. The minimum absolute atomic E-state index is 0.0373. The van der Waals surface area contributed by atoms with Crippen LogP contribution in [0.5, 0.6) is 0 Å². The molecule has 2 aromatic rings. The molecule has 0 bridgehead atoms. The SMILES string of the molecule is CC(C)NC(=O)N(S)c1noc2ccccc12. The van der Waals surface area contributed by atoms with Gasteiger partial charge in [0.05, 0.1) is 5.39 Å². The molecule has 0 aliphatic rings. The molecular formula is C11H13N3O2S. The molecule has 1 aromatic heterocycles. The summed E-state index contributed by atoms with van der Waals surface area (Å²) in [5.74, 6) is 0.391. The maximum Gasteiger partial charge on any atom is 0.333 e. The van der Waals surface area contributed by atoms with Crippen molar-refractivity contribution in [3.8, 4) is 0 Å². The van der Waals surface area contributed by atoms with Crippen molar-refractivity contribution in [2.45, 2.75) is 19.9 Å². The van der Waals surface area contributed by atoms with Crippen LogP contribution in [-0.4, -0.2) is 17.2 Å². The number of fused-ring (bicyclic) bond motifs is 1. The topological polar surface area (TPSA) is 58.4 Å². The molecule has 0 saturated heterocycles. The first-order valence-corrected chi connectivity index (χ1v) is 5.63. The molecule has 2 rings (SSSR count). The van der Waals surface area contributed by atoms with Gasteiger partial charge in [0, 0.05) is 6.04 Å². The van der Waals surface area contributed by atoms with E-state index in [2.05, 4.69) is 23.3 Å². The Balaban J connectivity index is 2.30. The van der Waals surface area contributed by atoms with Crippen LogP contribution in [0, 0.1) is 0 Å². The van der Waals surface area contributed by atoms with Crippen LogP contribution >= 0.6 is 12.8 Å². The van der Waals surface area contributed by atoms with Crippen molar-refractivity contribution in [3.05, 3.63) is 24.3 Å². The van der Waals surface area contributed by atoms with Crippen molar-refractivity contribution in [3.63, 3.8) is 0 Å². The van der Waals surface area contributed by atoms with E-state index in [9.17, 15) is 4.79 Å². The summed E-state index contributed by atoms with van der Waals surface area (Å²) in [4.78, 5) is 11.8. The number of nitrogens with zero attached hydrogens (tertiary/aromatic N) is 2. The van der Waals surface area contributed by atoms with Gasteiger partial charge in [0.15, 0.2) is 11.4 Å². The van der Waals surface area contributed by atoms with Gasteiger partial charge in [-0.25, -0.2) is 9.10 Å². The van der Waals surface area contributed by atoms with Crippen molar-refractivity contribution >= 4 is 35.6 Å². The lowest BCUT2D eigenvalue weighted by Gasteiger charge is -2.15. The fraction of sp³-hybridized carbons (Fsp3) is 0.273. The summed E-state index contributed by atoms with van der Waals surface area (Å²) in [6.07, 6.45) is 0. The number of nitrogens with one attached hydrogen (secondary N) is 1. The Hall–Kier alpha value is -1.69. The number of anilines is 1. The first-order valence-electron chi connectivity index (χ1n) is 5.23. The second-order valence-electron chi connectivity index (χ2n) is 3.92. The zero-order chi connectivity index (χ0) is 12.4. The highest BCUT2D eigenvalue weighted by Crippen LogP contribution is 2.26. The van der Waals surface area contributed by atoms with E-state index in [1.54, 1.807) is 6.07 Å². The monoisotopic (exact) mass is 251 g/mol. The number of thiol groups is 1. The molecule has 6 heteroatoms. The second kappa shape index (κ2) is 4.67. The van der Waals surface area contributed by atoms with E-state index in [1.807, 2.05) is 32.0 Å². The van der Waals surface area contributed by atoms with Crippen molar-refractivity contribution in [2.75, 3.05) is 4.31 Å². The molecule has 1 heterocycles. The van der Waals surface area contributed by atoms with Crippen molar-refractivity contribution in [1.29, 1.82) is 0 Å². The van der Waals surface area contributed by atoms with Crippen LogP contribution in [-0.2, 0) is 0 Å². The van der Waals surface area contributed by atoms with Gasteiger partial charge in [-0.1, -0.05) is 30.1 Å². The third kappa shape index (κ3) is 2.36. The standard InChI is InChI=1S/C11H13N3O2S/c1-7(2)12-11(15)14(17)10-8-5-3-4-6-9(8)16-13-10/h3-7,17H,1-2H3,(H,12,15). The zero-order valence-corrected chi connectivity index (χ0v) is 10.4. The van der Waals surface area contributed by atoms with E-state index in [1.165, 1.54) is 0 Å². The normalized spacial score (nSPS) is 10.8. The quantitative estimate of drug-likeness (QED) is 0.807. The van der Waals surface area contributed by atoms with Crippen LogP contribution in [0.3, 0.4) is 0 Å². The predicted octanol–water partition coefficient (Wildman–Crippen LogP) is 2.60. The highest BCUT2D eigenvalue weighted by atomic mass is 32.1. The number of urea groups is 1. The number of aromatic nitrogens is 1. The molecule has 0 atom stereocenters. The molecule has 0 unspecified atom stereocenters. The molecule has 0 saturated carbocycles. The van der Waals surface area contributed by atoms with Crippen LogP contribution < -0.4 is 9.62 Å². The Kier molecular flexibility index (Phi) is 3.23. The number of rotatable bonds is 2. The molecule has 1 aromatic carbocycles. The third-order valence-electron chi connectivity index (χ3n) is 2.16. The average Bonchev–Trinajstić information content (AvgIpc) is 2.70. The zero-order valence-electron chi connectivity index (χ0n) is 9.54. The molecular weight excluding hydrogens is 238 g/mol. The van der Waals surface area contributed by atoms with Gasteiger partial charge in [0.2, 0.25) is 0 Å². The minimum Gasteiger partial charge on any atom is -0.354 e. The Labute approximate surface area is 104 Å². The van der Waals surface area contributed by atoms with Gasteiger partial charge in [0.25, 0.3) is 0 Å². The number of hydrogen-bond donors (Lipinski definition) is 2. The van der Waals surface area contributed by atoms with E-state index >= 15 is 0 Å². The van der Waals surface area contributed by atoms with Gasteiger partial charge < -0.3 is 9.84 Å². The van der Waals surface area contributed by atoms with Gasteiger partial charge in [-0.2, -0.15) is 0 Å². The Morgan fingerprint density at radius 3 is 2.88 bits per heavy atom. The first-order chi connectivity index (χ1) is 8.09. The second-order valence-corrected chi connectivity index (χ2v) is 4.32. The molecule has 1 N–H and O–H groups in total. The van der Waals surface area contributed by atoms with Crippen LogP contribution in [0.25, 0.3) is 11.0 Å².